The van der Waals surface area contributed by atoms with Crippen molar-refractivity contribution in [3.8, 4) is 28.1 Å². The number of hydrogen-bond acceptors (Lipinski definition) is 9. The second-order valence-electron chi connectivity index (χ2n) is 14.3. The molecular weight excluding hydrogens is 632 g/mol. The molecular formula is C39H46N6O5. The maximum Gasteiger partial charge on any atom is 0.262 e. The molecule has 0 atom stereocenters. The maximum absolute atomic E-state index is 14.6. The molecule has 0 bridgehead atoms. The molecule has 11 nitrogen and oxygen atoms in total. The third-order valence-corrected chi connectivity index (χ3v) is 11.0. The van der Waals surface area contributed by atoms with E-state index in [9.17, 15) is 19.5 Å². The van der Waals surface area contributed by atoms with Crippen molar-refractivity contribution in [2.75, 3.05) is 72.1 Å². The van der Waals surface area contributed by atoms with Gasteiger partial charge >= 0.3 is 0 Å². The van der Waals surface area contributed by atoms with Gasteiger partial charge in [0, 0.05) is 55.6 Å². The highest BCUT2D eigenvalue weighted by atomic mass is 16.5. The molecule has 2 N–H and O–H groups in total. The first-order valence-corrected chi connectivity index (χ1v) is 18.4. The van der Waals surface area contributed by atoms with Crippen molar-refractivity contribution in [2.45, 2.75) is 51.6 Å². The summed E-state index contributed by atoms with van der Waals surface area (Å²) < 4.78 is 6.87. The zero-order chi connectivity index (χ0) is 34.2. The molecule has 3 fully saturated rings. The van der Waals surface area contributed by atoms with Gasteiger partial charge in [-0.2, -0.15) is 0 Å². The van der Waals surface area contributed by atoms with Gasteiger partial charge < -0.3 is 14.7 Å². The van der Waals surface area contributed by atoms with E-state index in [0.29, 0.717) is 69.8 Å². The van der Waals surface area contributed by atoms with Crippen LogP contribution in [0.2, 0.25) is 0 Å². The minimum atomic E-state index is -0.491. The summed E-state index contributed by atoms with van der Waals surface area (Å²) in [4.78, 5) is 57.1. The number of ether oxygens (including phenoxy) is 1. The quantitative estimate of drug-likeness (QED) is 0.216. The number of nitrogens with zero attached hydrogens (tertiary/aromatic N) is 5. The average molecular weight is 679 g/mol. The molecule has 0 saturated carbocycles. The number of pyridine rings is 2. The number of rotatable bonds is 10. The summed E-state index contributed by atoms with van der Waals surface area (Å²) in [5.41, 5.74) is 2.14. The Labute approximate surface area is 290 Å². The number of morpholine rings is 1. The van der Waals surface area contributed by atoms with Gasteiger partial charge in [-0.05, 0) is 87.1 Å². The smallest absolute Gasteiger partial charge is 0.262 e. The van der Waals surface area contributed by atoms with Crippen LogP contribution in [0.5, 0.6) is 5.88 Å². The van der Waals surface area contributed by atoms with E-state index in [1.54, 1.807) is 12.1 Å². The Hall–Kier alpha value is -4.16. The van der Waals surface area contributed by atoms with E-state index in [2.05, 4.69) is 31.8 Å². The van der Waals surface area contributed by atoms with Gasteiger partial charge in [0.25, 0.3) is 16.7 Å². The van der Waals surface area contributed by atoms with Crippen LogP contribution in [-0.4, -0.2) is 101 Å². The molecule has 3 saturated heterocycles. The second kappa shape index (κ2) is 14.2. The summed E-state index contributed by atoms with van der Waals surface area (Å²) in [6.45, 7) is 10.4. The van der Waals surface area contributed by atoms with Crippen LogP contribution in [-0.2, 0) is 17.8 Å². The number of aromatic amines is 1. The van der Waals surface area contributed by atoms with Crippen molar-refractivity contribution in [3.63, 3.8) is 0 Å². The molecule has 262 valence electrons. The summed E-state index contributed by atoms with van der Waals surface area (Å²) in [5, 5.41) is 13.1. The van der Waals surface area contributed by atoms with Crippen molar-refractivity contribution in [3.05, 3.63) is 78.4 Å². The van der Waals surface area contributed by atoms with E-state index in [1.165, 1.54) is 42.2 Å². The summed E-state index contributed by atoms with van der Waals surface area (Å²) in [6.07, 6.45) is 6.70. The summed E-state index contributed by atoms with van der Waals surface area (Å²) in [7, 11) is 0. The molecule has 0 radical (unpaired) electrons. The van der Waals surface area contributed by atoms with Gasteiger partial charge in [-0.3, -0.25) is 38.7 Å². The predicted molar refractivity (Wildman–Crippen MR) is 196 cm³/mol. The number of aromatic hydroxyl groups is 1. The lowest BCUT2D eigenvalue weighted by Gasteiger charge is -2.26. The number of piperidine rings is 1. The topological polar surface area (TPSA) is 123 Å². The van der Waals surface area contributed by atoms with Crippen LogP contribution in [0.15, 0.2) is 55.8 Å². The first-order chi connectivity index (χ1) is 24.5. The highest BCUT2D eigenvalue weighted by Gasteiger charge is 2.28. The van der Waals surface area contributed by atoms with Gasteiger partial charge in [0.2, 0.25) is 0 Å². The van der Waals surface area contributed by atoms with Crippen molar-refractivity contribution >= 4 is 21.5 Å². The first-order valence-electron chi connectivity index (χ1n) is 18.4. The number of benzene rings is 3. The lowest BCUT2D eigenvalue weighted by Crippen LogP contribution is -2.39. The Kier molecular flexibility index (Phi) is 9.39. The van der Waals surface area contributed by atoms with Gasteiger partial charge in [0.15, 0.2) is 5.88 Å². The SMILES string of the molecule is O=c1[nH]c(O)c2cc(-c3ccc(CN4CCCCC4)cc3)c3c4c2c1c(=NCCN1CCCC1)cc-4c(=O)n(CCCN1CCOCC1)c3=O. The fourth-order valence-electron chi connectivity index (χ4n) is 8.35. The predicted octanol–water partition coefficient (Wildman–Crippen LogP) is 3.26. The average Bonchev–Trinajstić information content (AvgIpc) is 3.66. The van der Waals surface area contributed by atoms with Crippen LogP contribution in [0.4, 0.5) is 0 Å². The van der Waals surface area contributed by atoms with E-state index < -0.39 is 11.1 Å². The van der Waals surface area contributed by atoms with E-state index in [4.69, 9.17) is 9.73 Å². The third-order valence-electron chi connectivity index (χ3n) is 11.0. The minimum absolute atomic E-state index is 0.271. The Morgan fingerprint density at radius 2 is 1.42 bits per heavy atom. The highest BCUT2D eigenvalue weighted by Crippen LogP contribution is 2.41. The lowest BCUT2D eigenvalue weighted by molar-refractivity contribution is 0.0369. The van der Waals surface area contributed by atoms with Crippen LogP contribution in [0.3, 0.4) is 0 Å². The third kappa shape index (κ3) is 6.32. The molecule has 4 aliphatic heterocycles. The van der Waals surface area contributed by atoms with Crippen LogP contribution < -0.4 is 22.0 Å². The second-order valence-corrected chi connectivity index (χ2v) is 14.3. The molecule has 0 unspecified atom stereocenters. The molecule has 0 spiro atoms. The Balaban J connectivity index is 1.29. The van der Waals surface area contributed by atoms with Crippen molar-refractivity contribution < 1.29 is 9.84 Å². The molecule has 50 heavy (non-hydrogen) atoms. The van der Waals surface area contributed by atoms with E-state index in [0.717, 1.165) is 64.5 Å². The Bertz CT molecular complexity index is 2180. The molecule has 3 aromatic rings. The molecule has 5 heterocycles. The van der Waals surface area contributed by atoms with Crippen LogP contribution in [0.1, 0.15) is 44.1 Å². The fraction of sp³-hybridized carbons (Fsp3) is 0.487. The largest absolute Gasteiger partial charge is 0.494 e. The molecule has 8 rings (SSSR count). The van der Waals surface area contributed by atoms with Gasteiger partial charge in [-0.25, -0.2) is 0 Å². The molecule has 2 aromatic carbocycles. The van der Waals surface area contributed by atoms with Crippen LogP contribution in [0, 0.1) is 0 Å². The summed E-state index contributed by atoms with van der Waals surface area (Å²) in [6, 6.07) is 11.8. The maximum atomic E-state index is 14.6. The number of aromatic nitrogens is 2. The molecule has 0 amide bonds. The zero-order valence-electron chi connectivity index (χ0n) is 28.7. The number of H-pyrrole nitrogens is 1. The van der Waals surface area contributed by atoms with Crippen LogP contribution >= 0.6 is 0 Å². The summed E-state index contributed by atoms with van der Waals surface area (Å²) >= 11 is 0. The first kappa shape index (κ1) is 33.0. The monoisotopic (exact) mass is 678 g/mol. The molecule has 11 heteroatoms. The molecule has 5 aliphatic rings. The van der Waals surface area contributed by atoms with Gasteiger partial charge in [0.05, 0.1) is 41.5 Å². The van der Waals surface area contributed by atoms with Gasteiger partial charge in [-0.1, -0.05) is 30.7 Å². The van der Waals surface area contributed by atoms with E-state index in [-0.39, 0.29) is 18.0 Å². The zero-order valence-corrected chi connectivity index (χ0v) is 28.7. The fourth-order valence-corrected chi connectivity index (χ4v) is 8.35. The Morgan fingerprint density at radius 3 is 2.18 bits per heavy atom. The van der Waals surface area contributed by atoms with E-state index >= 15 is 0 Å². The Morgan fingerprint density at radius 1 is 0.720 bits per heavy atom. The normalized spacial score (nSPS) is 18.8. The lowest BCUT2D eigenvalue weighted by atomic mass is 9.86. The minimum Gasteiger partial charge on any atom is -0.494 e. The summed E-state index contributed by atoms with van der Waals surface area (Å²) in [5.74, 6) is -0.287. The van der Waals surface area contributed by atoms with Crippen molar-refractivity contribution in [2.24, 2.45) is 4.99 Å². The van der Waals surface area contributed by atoms with Crippen molar-refractivity contribution in [1.29, 1.82) is 0 Å². The van der Waals surface area contributed by atoms with E-state index in [1.807, 2.05) is 12.1 Å². The number of hydrogen-bond donors (Lipinski definition) is 2. The number of likely N-dealkylation sites (tertiary alicyclic amines) is 2. The number of nitrogens with one attached hydrogen (secondary N) is 1. The van der Waals surface area contributed by atoms with Crippen molar-refractivity contribution in [1.82, 2.24) is 24.3 Å². The van der Waals surface area contributed by atoms with Gasteiger partial charge in [-0.15, -0.1) is 0 Å². The molecule has 1 aromatic heterocycles. The van der Waals surface area contributed by atoms with Crippen LogP contribution in [0.25, 0.3) is 43.8 Å². The standard InChI is InChI=1S/C39H46N6O5/c46-36-29-23-28(27-9-7-26(8-10-27)25-44-14-2-1-3-15-44)34-33-30(38(48)45(39(34)49)17-6-16-43-19-21-50-22-20-43)24-31(35(32(29)33)37(47)41-36)40-11-18-42-12-4-5-13-42/h7-10,23-24H,1-6,11-22,25H2,(H2,41,46,47). The highest BCUT2D eigenvalue weighted by molar-refractivity contribution is 6.19. The molecule has 1 aliphatic carbocycles. The van der Waals surface area contributed by atoms with Gasteiger partial charge in [0.1, 0.15) is 0 Å².